The van der Waals surface area contributed by atoms with Crippen molar-refractivity contribution >= 4 is 15.9 Å². The van der Waals surface area contributed by atoms with Crippen molar-refractivity contribution in [2.45, 2.75) is 6.61 Å². The standard InChI is InChI=1S/C10H12BrNO2/c1-8(11)12-14-7-9-3-5-10(13-2)6-4-9/h3-6,12H,1,7H2,2H3. The molecule has 0 saturated carbocycles. The number of ether oxygens (including phenoxy) is 1. The molecular formula is C10H12BrNO2. The van der Waals surface area contributed by atoms with Gasteiger partial charge in [0.15, 0.2) is 0 Å². The van der Waals surface area contributed by atoms with Gasteiger partial charge in [0.2, 0.25) is 0 Å². The van der Waals surface area contributed by atoms with Crippen LogP contribution in [0.4, 0.5) is 0 Å². The molecule has 14 heavy (non-hydrogen) atoms. The minimum absolute atomic E-state index is 0.481. The number of hydroxylamine groups is 1. The molecule has 0 aliphatic rings. The van der Waals surface area contributed by atoms with Gasteiger partial charge in [-0.1, -0.05) is 18.7 Å². The maximum Gasteiger partial charge on any atom is 0.118 e. The van der Waals surface area contributed by atoms with E-state index in [4.69, 9.17) is 9.57 Å². The molecule has 0 aliphatic carbocycles. The van der Waals surface area contributed by atoms with Crippen LogP contribution in [0.2, 0.25) is 0 Å². The molecule has 0 aromatic heterocycles. The molecule has 0 radical (unpaired) electrons. The highest BCUT2D eigenvalue weighted by Gasteiger charge is 1.94. The number of hydrogen-bond acceptors (Lipinski definition) is 3. The molecule has 1 N–H and O–H groups in total. The summed E-state index contributed by atoms with van der Waals surface area (Å²) in [6.07, 6.45) is 0. The quantitative estimate of drug-likeness (QED) is 0.650. The van der Waals surface area contributed by atoms with Crippen LogP contribution in [-0.2, 0) is 11.4 Å². The van der Waals surface area contributed by atoms with Crippen molar-refractivity contribution in [1.82, 2.24) is 5.48 Å². The molecule has 0 amide bonds. The number of hydrogen-bond donors (Lipinski definition) is 1. The first-order chi connectivity index (χ1) is 6.72. The highest BCUT2D eigenvalue weighted by atomic mass is 79.9. The van der Waals surface area contributed by atoms with Gasteiger partial charge in [0.1, 0.15) is 5.75 Å². The number of methoxy groups -OCH3 is 1. The van der Waals surface area contributed by atoms with Crippen LogP contribution in [0.3, 0.4) is 0 Å². The minimum Gasteiger partial charge on any atom is -0.497 e. The zero-order chi connectivity index (χ0) is 10.4. The topological polar surface area (TPSA) is 30.5 Å². The van der Waals surface area contributed by atoms with Gasteiger partial charge in [0.05, 0.1) is 18.3 Å². The van der Waals surface area contributed by atoms with Crippen molar-refractivity contribution in [2.75, 3.05) is 7.11 Å². The molecular weight excluding hydrogens is 246 g/mol. The second-order valence-corrected chi connectivity index (χ2v) is 3.60. The second kappa shape index (κ2) is 5.67. The van der Waals surface area contributed by atoms with Crippen molar-refractivity contribution in [3.63, 3.8) is 0 Å². The van der Waals surface area contributed by atoms with Gasteiger partial charge in [-0.15, -0.1) is 0 Å². The third-order valence-electron chi connectivity index (χ3n) is 1.58. The molecule has 0 fully saturated rings. The fourth-order valence-electron chi connectivity index (χ4n) is 0.919. The number of benzene rings is 1. The normalized spacial score (nSPS) is 9.57. The number of rotatable bonds is 5. The number of halogens is 1. The van der Waals surface area contributed by atoms with E-state index in [1.807, 2.05) is 24.3 Å². The summed E-state index contributed by atoms with van der Waals surface area (Å²) in [5.41, 5.74) is 3.68. The summed E-state index contributed by atoms with van der Waals surface area (Å²) >= 11 is 3.12. The van der Waals surface area contributed by atoms with Crippen LogP contribution in [0.1, 0.15) is 5.56 Å². The van der Waals surface area contributed by atoms with E-state index in [0.717, 1.165) is 11.3 Å². The molecule has 1 aromatic rings. The molecule has 0 aliphatic heterocycles. The van der Waals surface area contributed by atoms with E-state index in [1.54, 1.807) is 7.11 Å². The lowest BCUT2D eigenvalue weighted by Crippen LogP contribution is -2.09. The molecule has 0 unspecified atom stereocenters. The first kappa shape index (κ1) is 11.1. The molecule has 76 valence electrons. The average molecular weight is 258 g/mol. The van der Waals surface area contributed by atoms with E-state index in [2.05, 4.69) is 28.0 Å². The zero-order valence-corrected chi connectivity index (χ0v) is 9.50. The third-order valence-corrected chi connectivity index (χ3v) is 1.74. The summed E-state index contributed by atoms with van der Waals surface area (Å²) in [5, 5.41) is 0. The smallest absolute Gasteiger partial charge is 0.118 e. The minimum atomic E-state index is 0.481. The summed E-state index contributed by atoms with van der Waals surface area (Å²) in [6, 6.07) is 7.66. The fourth-order valence-corrected chi connectivity index (χ4v) is 1.03. The lowest BCUT2D eigenvalue weighted by Gasteiger charge is -2.05. The molecule has 1 rings (SSSR count). The highest BCUT2D eigenvalue weighted by molar-refractivity contribution is 9.11. The molecule has 3 nitrogen and oxygen atoms in total. The van der Waals surface area contributed by atoms with Crippen LogP contribution < -0.4 is 10.2 Å². The Morgan fingerprint density at radius 3 is 2.57 bits per heavy atom. The Labute approximate surface area is 91.8 Å². The van der Waals surface area contributed by atoms with Crippen molar-refractivity contribution in [3.8, 4) is 5.75 Å². The van der Waals surface area contributed by atoms with E-state index >= 15 is 0 Å². The van der Waals surface area contributed by atoms with Crippen molar-refractivity contribution in [3.05, 3.63) is 41.0 Å². The first-order valence-corrected chi connectivity index (χ1v) is 4.87. The average Bonchev–Trinajstić information content (AvgIpc) is 2.18. The molecule has 0 spiro atoms. The zero-order valence-electron chi connectivity index (χ0n) is 7.92. The van der Waals surface area contributed by atoms with E-state index in [-0.39, 0.29) is 0 Å². The Bertz CT molecular complexity index is 297. The maximum atomic E-state index is 5.12. The van der Waals surface area contributed by atoms with Gasteiger partial charge in [0, 0.05) is 0 Å². The van der Waals surface area contributed by atoms with Crippen LogP contribution in [0, 0.1) is 0 Å². The highest BCUT2D eigenvalue weighted by Crippen LogP contribution is 2.11. The molecule has 4 heteroatoms. The van der Waals surface area contributed by atoms with Gasteiger partial charge in [-0.3, -0.25) is 10.3 Å². The summed E-state index contributed by atoms with van der Waals surface area (Å²) in [4.78, 5) is 5.12. The predicted molar refractivity (Wildman–Crippen MR) is 59.0 cm³/mol. The Kier molecular flexibility index (Phi) is 4.49. The van der Waals surface area contributed by atoms with E-state index in [1.165, 1.54) is 0 Å². The summed E-state index contributed by atoms with van der Waals surface area (Å²) in [5.74, 6) is 0.839. The lowest BCUT2D eigenvalue weighted by molar-refractivity contribution is 0.0558. The van der Waals surface area contributed by atoms with E-state index in [9.17, 15) is 0 Å². The van der Waals surface area contributed by atoms with Gasteiger partial charge in [-0.05, 0) is 33.6 Å². The van der Waals surface area contributed by atoms with Crippen LogP contribution in [-0.4, -0.2) is 7.11 Å². The van der Waals surface area contributed by atoms with Crippen LogP contribution in [0.15, 0.2) is 35.5 Å². The molecule has 0 saturated heterocycles. The van der Waals surface area contributed by atoms with E-state index < -0.39 is 0 Å². The van der Waals surface area contributed by atoms with Gasteiger partial charge in [0.25, 0.3) is 0 Å². The molecule has 0 bridgehead atoms. The Morgan fingerprint density at radius 2 is 2.07 bits per heavy atom. The van der Waals surface area contributed by atoms with Gasteiger partial charge >= 0.3 is 0 Å². The predicted octanol–water partition coefficient (Wildman–Crippen LogP) is 2.58. The van der Waals surface area contributed by atoms with Crippen molar-refractivity contribution in [2.24, 2.45) is 0 Å². The van der Waals surface area contributed by atoms with Crippen molar-refractivity contribution in [1.29, 1.82) is 0 Å². The monoisotopic (exact) mass is 257 g/mol. The SMILES string of the molecule is C=C(Br)NOCc1ccc(OC)cc1. The van der Waals surface area contributed by atoms with Crippen molar-refractivity contribution < 1.29 is 9.57 Å². The second-order valence-electron chi connectivity index (χ2n) is 2.64. The maximum absolute atomic E-state index is 5.12. The number of nitrogens with one attached hydrogen (secondary N) is 1. The van der Waals surface area contributed by atoms with Crippen LogP contribution >= 0.6 is 15.9 Å². The van der Waals surface area contributed by atoms with Crippen LogP contribution in [0.5, 0.6) is 5.75 Å². The largest absolute Gasteiger partial charge is 0.497 e. The fraction of sp³-hybridized carbons (Fsp3) is 0.200. The summed E-state index contributed by atoms with van der Waals surface area (Å²) in [6.45, 7) is 4.06. The van der Waals surface area contributed by atoms with E-state index in [0.29, 0.717) is 11.2 Å². The summed E-state index contributed by atoms with van der Waals surface area (Å²) < 4.78 is 5.64. The van der Waals surface area contributed by atoms with Gasteiger partial charge in [-0.2, -0.15) is 0 Å². The van der Waals surface area contributed by atoms with Gasteiger partial charge in [-0.25, -0.2) is 0 Å². The van der Waals surface area contributed by atoms with Crippen LogP contribution in [0.25, 0.3) is 0 Å². The van der Waals surface area contributed by atoms with Gasteiger partial charge < -0.3 is 4.74 Å². The molecule has 0 heterocycles. The lowest BCUT2D eigenvalue weighted by atomic mass is 10.2. The molecule has 1 aromatic carbocycles. The first-order valence-electron chi connectivity index (χ1n) is 4.07. The third kappa shape index (κ3) is 3.81. The Morgan fingerprint density at radius 1 is 1.43 bits per heavy atom. The Hall–Kier alpha value is -1.00. The Balaban J connectivity index is 2.40. The molecule has 0 atom stereocenters. The summed E-state index contributed by atoms with van der Waals surface area (Å²) in [7, 11) is 1.64.